The molecule has 2 aromatic heterocycles. The van der Waals surface area contributed by atoms with Crippen molar-refractivity contribution >= 4 is 16.9 Å². The van der Waals surface area contributed by atoms with Crippen LogP contribution < -0.4 is 10.5 Å². The van der Waals surface area contributed by atoms with Gasteiger partial charge in [-0.05, 0) is 55.9 Å². The second-order valence-electron chi connectivity index (χ2n) is 8.55. The fourth-order valence-electron chi connectivity index (χ4n) is 4.87. The minimum Gasteiger partial charge on any atom is -0.489 e. The molecule has 0 atom stereocenters. The topological polar surface area (TPSA) is 86.2 Å². The Morgan fingerprint density at radius 2 is 1.81 bits per heavy atom. The Morgan fingerprint density at radius 1 is 1.03 bits per heavy atom. The van der Waals surface area contributed by atoms with E-state index in [2.05, 4.69) is 45.7 Å². The lowest BCUT2D eigenvalue weighted by atomic mass is 9.92. The Morgan fingerprint density at radius 3 is 2.59 bits per heavy atom. The molecule has 0 bridgehead atoms. The summed E-state index contributed by atoms with van der Waals surface area (Å²) in [4.78, 5) is 8.91. The van der Waals surface area contributed by atoms with E-state index in [1.54, 1.807) is 0 Å². The molecule has 0 saturated heterocycles. The van der Waals surface area contributed by atoms with Gasteiger partial charge >= 0.3 is 0 Å². The van der Waals surface area contributed by atoms with Crippen molar-refractivity contribution in [2.45, 2.75) is 51.4 Å². The van der Waals surface area contributed by atoms with Crippen LogP contribution in [0, 0.1) is 6.92 Å². The van der Waals surface area contributed by atoms with Gasteiger partial charge in [0.2, 0.25) is 0 Å². The standard InChI is InChI=1S/C26H28N4O2/c1-17-23(19-8-5-9-22(14-19)32-15-18-6-3-2-4-7-18)24-25(27)28-16-29-26(24)30(17)20-10-12-21(31)13-11-20/h2-9,14,16,20-21,31H,10-13,15H2,1H3,(H2,27,28,29). The smallest absolute Gasteiger partial charge is 0.146 e. The summed E-state index contributed by atoms with van der Waals surface area (Å²) in [6.07, 6.45) is 4.80. The van der Waals surface area contributed by atoms with Crippen molar-refractivity contribution in [2.24, 2.45) is 0 Å². The molecule has 1 aliphatic rings. The molecule has 2 aromatic carbocycles. The highest BCUT2D eigenvalue weighted by Crippen LogP contribution is 2.41. The van der Waals surface area contributed by atoms with Gasteiger partial charge in [0.05, 0.1) is 11.5 Å². The first-order valence-corrected chi connectivity index (χ1v) is 11.2. The van der Waals surface area contributed by atoms with Crippen molar-refractivity contribution in [2.75, 3.05) is 5.73 Å². The van der Waals surface area contributed by atoms with Gasteiger partial charge in [0.1, 0.15) is 30.1 Å². The first-order chi connectivity index (χ1) is 15.6. The molecule has 2 heterocycles. The zero-order valence-electron chi connectivity index (χ0n) is 18.2. The second-order valence-corrected chi connectivity index (χ2v) is 8.55. The first-order valence-electron chi connectivity index (χ1n) is 11.2. The molecular weight excluding hydrogens is 400 g/mol. The average molecular weight is 429 g/mol. The first kappa shape index (κ1) is 20.5. The molecule has 0 unspecified atom stereocenters. The third-order valence-electron chi connectivity index (χ3n) is 6.46. The number of rotatable bonds is 5. The van der Waals surface area contributed by atoms with Gasteiger partial charge in [-0.1, -0.05) is 42.5 Å². The summed E-state index contributed by atoms with van der Waals surface area (Å²) >= 11 is 0. The van der Waals surface area contributed by atoms with Crippen LogP contribution >= 0.6 is 0 Å². The van der Waals surface area contributed by atoms with E-state index in [1.807, 2.05) is 30.3 Å². The molecule has 3 N–H and O–H groups in total. The van der Waals surface area contributed by atoms with Crippen molar-refractivity contribution in [1.82, 2.24) is 14.5 Å². The predicted octanol–water partition coefficient (Wildman–Crippen LogP) is 5.04. The molecule has 5 rings (SSSR count). The molecule has 4 aromatic rings. The quantitative estimate of drug-likeness (QED) is 0.465. The van der Waals surface area contributed by atoms with Crippen molar-refractivity contribution in [3.63, 3.8) is 0 Å². The molecule has 0 amide bonds. The van der Waals surface area contributed by atoms with Crippen LogP contribution in [0.3, 0.4) is 0 Å². The lowest BCUT2D eigenvalue weighted by Gasteiger charge is -2.28. The number of nitrogens with two attached hydrogens (primary N) is 1. The number of aliphatic hydroxyl groups excluding tert-OH is 1. The van der Waals surface area contributed by atoms with Gasteiger partial charge in [0, 0.05) is 17.3 Å². The lowest BCUT2D eigenvalue weighted by molar-refractivity contribution is 0.111. The molecule has 1 saturated carbocycles. The molecule has 164 valence electrons. The van der Waals surface area contributed by atoms with Crippen molar-refractivity contribution < 1.29 is 9.84 Å². The van der Waals surface area contributed by atoms with E-state index in [0.29, 0.717) is 18.5 Å². The predicted molar refractivity (Wildman–Crippen MR) is 126 cm³/mol. The fourth-order valence-corrected chi connectivity index (χ4v) is 4.87. The monoisotopic (exact) mass is 428 g/mol. The van der Waals surface area contributed by atoms with Crippen molar-refractivity contribution in [1.29, 1.82) is 0 Å². The zero-order valence-corrected chi connectivity index (χ0v) is 18.2. The van der Waals surface area contributed by atoms with Crippen LogP contribution in [0.2, 0.25) is 0 Å². The maximum atomic E-state index is 9.98. The molecule has 1 aliphatic carbocycles. The van der Waals surface area contributed by atoms with E-state index in [-0.39, 0.29) is 6.10 Å². The van der Waals surface area contributed by atoms with Crippen LogP contribution in [0.15, 0.2) is 60.9 Å². The second kappa shape index (κ2) is 8.63. The summed E-state index contributed by atoms with van der Waals surface area (Å²) in [6.45, 7) is 2.64. The van der Waals surface area contributed by atoms with Gasteiger partial charge in [-0.2, -0.15) is 0 Å². The number of anilines is 1. The minimum absolute atomic E-state index is 0.203. The van der Waals surface area contributed by atoms with Crippen LogP contribution in [0.25, 0.3) is 22.2 Å². The third kappa shape index (κ3) is 3.82. The summed E-state index contributed by atoms with van der Waals surface area (Å²) in [7, 11) is 0. The Balaban J connectivity index is 1.55. The van der Waals surface area contributed by atoms with Crippen LogP contribution in [-0.2, 0) is 6.61 Å². The number of ether oxygens (including phenoxy) is 1. The number of fused-ring (bicyclic) bond motifs is 1. The molecule has 6 heteroatoms. The van der Waals surface area contributed by atoms with Crippen LogP contribution in [0.5, 0.6) is 5.75 Å². The van der Waals surface area contributed by atoms with Crippen LogP contribution in [-0.4, -0.2) is 25.7 Å². The maximum absolute atomic E-state index is 9.98. The normalized spacial score (nSPS) is 18.7. The number of nitrogens with zero attached hydrogens (tertiary/aromatic N) is 3. The summed E-state index contributed by atoms with van der Waals surface area (Å²) < 4.78 is 8.37. The third-order valence-corrected chi connectivity index (χ3v) is 6.46. The van der Waals surface area contributed by atoms with E-state index in [9.17, 15) is 5.11 Å². The van der Waals surface area contributed by atoms with E-state index in [1.165, 1.54) is 6.33 Å². The number of hydrogen-bond acceptors (Lipinski definition) is 5. The summed E-state index contributed by atoms with van der Waals surface area (Å²) in [5, 5.41) is 10.9. The fraction of sp³-hybridized carbons (Fsp3) is 0.308. The summed E-state index contributed by atoms with van der Waals surface area (Å²) in [5.41, 5.74) is 11.6. The minimum atomic E-state index is -0.203. The van der Waals surface area contributed by atoms with E-state index in [4.69, 9.17) is 10.5 Å². The van der Waals surface area contributed by atoms with Gasteiger partial charge < -0.3 is 20.1 Å². The highest BCUT2D eigenvalue weighted by Gasteiger charge is 2.27. The number of benzene rings is 2. The Kier molecular flexibility index (Phi) is 5.53. The highest BCUT2D eigenvalue weighted by atomic mass is 16.5. The Labute approximate surface area is 187 Å². The van der Waals surface area contributed by atoms with Crippen molar-refractivity contribution in [3.8, 4) is 16.9 Å². The van der Waals surface area contributed by atoms with Gasteiger partial charge in [-0.25, -0.2) is 9.97 Å². The molecule has 32 heavy (non-hydrogen) atoms. The van der Waals surface area contributed by atoms with E-state index >= 15 is 0 Å². The molecule has 0 spiro atoms. The van der Waals surface area contributed by atoms with Crippen LogP contribution in [0.1, 0.15) is 43.0 Å². The molecule has 6 nitrogen and oxygen atoms in total. The molecule has 0 radical (unpaired) electrons. The van der Waals surface area contributed by atoms with Gasteiger partial charge in [0.25, 0.3) is 0 Å². The largest absolute Gasteiger partial charge is 0.489 e. The molecule has 0 aliphatic heterocycles. The van der Waals surface area contributed by atoms with E-state index < -0.39 is 0 Å². The zero-order chi connectivity index (χ0) is 22.1. The summed E-state index contributed by atoms with van der Waals surface area (Å²) in [6, 6.07) is 18.6. The maximum Gasteiger partial charge on any atom is 0.146 e. The SMILES string of the molecule is Cc1c(-c2cccc(OCc3ccccc3)c2)c2c(N)ncnc2n1C1CCC(O)CC1. The van der Waals surface area contributed by atoms with Gasteiger partial charge in [-0.3, -0.25) is 0 Å². The van der Waals surface area contributed by atoms with Crippen LogP contribution in [0.4, 0.5) is 5.82 Å². The Bertz CT molecular complexity index is 1230. The lowest BCUT2D eigenvalue weighted by Crippen LogP contribution is -2.21. The van der Waals surface area contributed by atoms with Gasteiger partial charge in [0.15, 0.2) is 0 Å². The number of hydrogen-bond donors (Lipinski definition) is 2. The number of aromatic nitrogens is 3. The van der Waals surface area contributed by atoms with Gasteiger partial charge in [-0.15, -0.1) is 0 Å². The molecular formula is C26H28N4O2. The van der Waals surface area contributed by atoms with E-state index in [0.717, 1.165) is 64.9 Å². The highest BCUT2D eigenvalue weighted by molar-refractivity contribution is 6.02. The summed E-state index contributed by atoms with van der Waals surface area (Å²) in [5.74, 6) is 1.29. The number of aliphatic hydroxyl groups is 1. The molecule has 1 fully saturated rings. The Hall–Kier alpha value is -3.38. The van der Waals surface area contributed by atoms with Crippen molar-refractivity contribution in [3.05, 3.63) is 72.2 Å². The number of nitrogen functional groups attached to an aromatic ring is 1. The average Bonchev–Trinajstić information content (AvgIpc) is 3.12.